The molecule has 0 aliphatic carbocycles. The third-order valence-corrected chi connectivity index (χ3v) is 4.22. The van der Waals surface area contributed by atoms with Crippen molar-refractivity contribution in [2.75, 3.05) is 0 Å². The van der Waals surface area contributed by atoms with Gasteiger partial charge < -0.3 is 14.3 Å². The summed E-state index contributed by atoms with van der Waals surface area (Å²) in [6.07, 6.45) is 3.19. The molecule has 0 saturated carbocycles. The second-order valence-electron chi connectivity index (χ2n) is 6.30. The van der Waals surface area contributed by atoms with Gasteiger partial charge in [-0.05, 0) is 30.7 Å². The van der Waals surface area contributed by atoms with Gasteiger partial charge in [0.1, 0.15) is 23.6 Å². The number of aromatic hydroxyl groups is 1. The van der Waals surface area contributed by atoms with E-state index in [1.165, 1.54) is 28.9 Å². The first kappa shape index (κ1) is 16.8. The van der Waals surface area contributed by atoms with Crippen LogP contribution in [0.4, 0.5) is 0 Å². The van der Waals surface area contributed by atoms with E-state index in [1.54, 1.807) is 18.3 Å². The Hall–Kier alpha value is -3.61. The van der Waals surface area contributed by atoms with Crippen LogP contribution in [0.2, 0.25) is 0 Å². The van der Waals surface area contributed by atoms with E-state index in [0.29, 0.717) is 22.5 Å². The van der Waals surface area contributed by atoms with E-state index in [9.17, 15) is 14.7 Å². The lowest BCUT2D eigenvalue weighted by molar-refractivity contribution is -0.144. The molecule has 4 aromatic rings. The molecule has 1 N–H and O–H groups in total. The Balaban J connectivity index is 1.48. The number of carbonyl (C=O) groups excluding carboxylic acids is 1. The smallest absolute Gasteiger partial charge is 0.310 e. The molecule has 0 saturated heterocycles. The van der Waals surface area contributed by atoms with Gasteiger partial charge in [0.05, 0.1) is 18.4 Å². The Bertz CT molecular complexity index is 1220. The van der Waals surface area contributed by atoms with Gasteiger partial charge in [-0.25, -0.2) is 4.98 Å². The number of pyridine rings is 1. The van der Waals surface area contributed by atoms with Gasteiger partial charge in [-0.3, -0.25) is 14.0 Å². The Morgan fingerprint density at radius 3 is 2.96 bits per heavy atom. The number of nitrogens with zero attached hydrogens (tertiary/aromatic N) is 2. The number of ether oxygens (including phenoxy) is 1. The standard InChI is InChI=1S/C20H16N2O5/c1-12-2-5-18-21-14(7-19(24)22(18)9-12)11-27-20(25)6-13-10-26-17-8-15(23)3-4-16(13)17/h2-5,7-10,23H,6,11H2,1H3. The lowest BCUT2D eigenvalue weighted by Gasteiger charge is -2.06. The molecule has 0 atom stereocenters. The van der Waals surface area contributed by atoms with Gasteiger partial charge in [0.2, 0.25) is 0 Å². The van der Waals surface area contributed by atoms with Crippen molar-refractivity contribution in [2.24, 2.45) is 0 Å². The van der Waals surface area contributed by atoms with Crippen LogP contribution in [0.25, 0.3) is 16.6 Å². The number of phenolic OH excluding ortho intramolecular Hbond substituents is 1. The molecular formula is C20H16N2O5. The Morgan fingerprint density at radius 1 is 1.26 bits per heavy atom. The number of hydrogen-bond acceptors (Lipinski definition) is 6. The summed E-state index contributed by atoms with van der Waals surface area (Å²) < 4.78 is 12.1. The number of esters is 1. The van der Waals surface area contributed by atoms with Gasteiger partial charge in [0.25, 0.3) is 5.56 Å². The van der Waals surface area contributed by atoms with Crippen molar-refractivity contribution in [1.29, 1.82) is 0 Å². The van der Waals surface area contributed by atoms with E-state index in [2.05, 4.69) is 4.98 Å². The first-order valence-corrected chi connectivity index (χ1v) is 8.33. The van der Waals surface area contributed by atoms with Crippen molar-refractivity contribution in [2.45, 2.75) is 20.0 Å². The van der Waals surface area contributed by atoms with Gasteiger partial charge in [-0.1, -0.05) is 6.07 Å². The highest BCUT2D eigenvalue weighted by molar-refractivity contribution is 5.86. The minimum absolute atomic E-state index is 0.0174. The van der Waals surface area contributed by atoms with Gasteiger partial charge in [-0.2, -0.15) is 0 Å². The molecule has 27 heavy (non-hydrogen) atoms. The lowest BCUT2D eigenvalue weighted by Crippen LogP contribution is -2.17. The molecule has 0 fully saturated rings. The first-order chi connectivity index (χ1) is 13.0. The maximum absolute atomic E-state index is 12.2. The van der Waals surface area contributed by atoms with Crippen LogP contribution in [0.3, 0.4) is 0 Å². The molecule has 3 heterocycles. The summed E-state index contributed by atoms with van der Waals surface area (Å²) in [6, 6.07) is 9.66. The zero-order chi connectivity index (χ0) is 19.0. The normalized spacial score (nSPS) is 11.1. The van der Waals surface area contributed by atoms with E-state index in [-0.39, 0.29) is 24.3 Å². The highest BCUT2D eigenvalue weighted by Gasteiger charge is 2.13. The van der Waals surface area contributed by atoms with Gasteiger partial charge in [-0.15, -0.1) is 0 Å². The predicted molar refractivity (Wildman–Crippen MR) is 97.6 cm³/mol. The maximum atomic E-state index is 12.2. The summed E-state index contributed by atoms with van der Waals surface area (Å²) in [5, 5.41) is 10.2. The third kappa shape index (κ3) is 3.39. The number of carbonyl (C=O) groups is 1. The van der Waals surface area contributed by atoms with Gasteiger partial charge in [0, 0.05) is 29.3 Å². The molecule has 1 aromatic carbocycles. The van der Waals surface area contributed by atoms with Crippen molar-refractivity contribution >= 4 is 22.6 Å². The SMILES string of the molecule is Cc1ccc2nc(COC(=O)Cc3coc4cc(O)ccc34)cc(=O)n2c1. The Kier molecular flexibility index (Phi) is 4.12. The number of rotatable bonds is 4. The second-order valence-corrected chi connectivity index (χ2v) is 6.30. The van der Waals surface area contributed by atoms with Gasteiger partial charge in [0.15, 0.2) is 0 Å². The lowest BCUT2D eigenvalue weighted by atomic mass is 10.1. The summed E-state index contributed by atoms with van der Waals surface area (Å²) >= 11 is 0. The number of fused-ring (bicyclic) bond motifs is 2. The fourth-order valence-corrected chi connectivity index (χ4v) is 2.90. The van der Waals surface area contributed by atoms with E-state index in [4.69, 9.17) is 9.15 Å². The molecule has 0 unspecified atom stereocenters. The van der Waals surface area contributed by atoms with Crippen molar-refractivity contribution in [3.05, 3.63) is 76.0 Å². The Labute approximate surface area is 153 Å². The quantitative estimate of drug-likeness (QED) is 0.560. The molecule has 0 bridgehead atoms. The highest BCUT2D eigenvalue weighted by Crippen LogP contribution is 2.25. The average Bonchev–Trinajstić information content (AvgIpc) is 3.02. The largest absolute Gasteiger partial charge is 0.508 e. The van der Waals surface area contributed by atoms with E-state index < -0.39 is 5.97 Å². The highest BCUT2D eigenvalue weighted by atomic mass is 16.5. The topological polar surface area (TPSA) is 94.0 Å². The molecule has 0 amide bonds. The van der Waals surface area contributed by atoms with Crippen LogP contribution >= 0.6 is 0 Å². The van der Waals surface area contributed by atoms with Crippen LogP contribution in [-0.2, 0) is 22.6 Å². The summed E-state index contributed by atoms with van der Waals surface area (Å²) in [4.78, 5) is 28.7. The van der Waals surface area contributed by atoms with Crippen molar-refractivity contribution < 1.29 is 19.1 Å². The van der Waals surface area contributed by atoms with Crippen LogP contribution in [0, 0.1) is 6.92 Å². The van der Waals surface area contributed by atoms with E-state index in [0.717, 1.165) is 10.9 Å². The number of aryl methyl sites for hydroxylation is 1. The van der Waals surface area contributed by atoms with Crippen molar-refractivity contribution in [3.63, 3.8) is 0 Å². The zero-order valence-corrected chi connectivity index (χ0v) is 14.5. The third-order valence-electron chi connectivity index (χ3n) is 4.22. The monoisotopic (exact) mass is 364 g/mol. The molecular weight excluding hydrogens is 348 g/mol. The van der Waals surface area contributed by atoms with Crippen molar-refractivity contribution in [1.82, 2.24) is 9.38 Å². The van der Waals surface area contributed by atoms with Crippen LogP contribution in [0.15, 0.2) is 58.1 Å². The molecule has 7 nitrogen and oxygen atoms in total. The Morgan fingerprint density at radius 2 is 2.11 bits per heavy atom. The minimum atomic E-state index is -0.461. The van der Waals surface area contributed by atoms with E-state index >= 15 is 0 Å². The molecule has 0 aliphatic rings. The molecule has 4 rings (SSSR count). The minimum Gasteiger partial charge on any atom is -0.508 e. The molecule has 136 valence electrons. The van der Waals surface area contributed by atoms with Crippen LogP contribution in [-0.4, -0.2) is 20.5 Å². The zero-order valence-electron chi connectivity index (χ0n) is 14.5. The number of furan rings is 1. The molecule has 0 radical (unpaired) electrons. The molecule has 0 spiro atoms. The first-order valence-electron chi connectivity index (χ1n) is 8.33. The number of hydrogen-bond donors (Lipinski definition) is 1. The molecule has 7 heteroatoms. The van der Waals surface area contributed by atoms with Crippen LogP contribution in [0.1, 0.15) is 16.8 Å². The average molecular weight is 364 g/mol. The maximum Gasteiger partial charge on any atom is 0.310 e. The predicted octanol–water partition coefficient (Wildman–Crippen LogP) is 2.74. The number of aromatic nitrogens is 2. The number of phenols is 1. The number of benzene rings is 1. The van der Waals surface area contributed by atoms with Crippen LogP contribution in [0.5, 0.6) is 5.75 Å². The summed E-state index contributed by atoms with van der Waals surface area (Å²) in [7, 11) is 0. The summed E-state index contributed by atoms with van der Waals surface area (Å²) in [5.41, 5.74) is 2.77. The van der Waals surface area contributed by atoms with Crippen molar-refractivity contribution in [3.8, 4) is 5.75 Å². The second kappa shape index (κ2) is 6.60. The fraction of sp³-hybridized carbons (Fsp3) is 0.150. The molecule has 0 aliphatic heterocycles. The van der Waals surface area contributed by atoms with Crippen LogP contribution < -0.4 is 5.56 Å². The summed E-state index contributed by atoms with van der Waals surface area (Å²) in [6.45, 7) is 1.80. The van der Waals surface area contributed by atoms with E-state index in [1.807, 2.05) is 13.0 Å². The fourth-order valence-electron chi connectivity index (χ4n) is 2.90. The van der Waals surface area contributed by atoms with Gasteiger partial charge >= 0.3 is 5.97 Å². The summed E-state index contributed by atoms with van der Waals surface area (Å²) in [5.74, 6) is -0.369. The molecule has 3 aromatic heterocycles.